The predicted octanol–water partition coefficient (Wildman–Crippen LogP) is 2.59. The Morgan fingerprint density at radius 1 is 0.947 bits per heavy atom. The van der Waals surface area contributed by atoms with Gasteiger partial charge in [0.15, 0.2) is 0 Å². The molecule has 2 aromatic carbocycles. The van der Waals surface area contributed by atoms with E-state index in [1.165, 1.54) is 28.6 Å². The molecule has 3 atom stereocenters. The Hall–Kier alpha value is -2.82. The van der Waals surface area contributed by atoms with Crippen molar-refractivity contribution in [1.82, 2.24) is 14.5 Å². The molecule has 0 radical (unpaired) electrons. The highest BCUT2D eigenvalue weighted by atomic mass is 32.2. The molecule has 4 aliphatic rings. The number of nitrogens with one attached hydrogen (secondary N) is 1. The number of carbonyl (C=O) groups excluding carboxylic acids is 2. The molecule has 6 rings (SSSR count). The van der Waals surface area contributed by atoms with E-state index in [-0.39, 0.29) is 36.7 Å². The minimum atomic E-state index is -3.69. The summed E-state index contributed by atoms with van der Waals surface area (Å²) in [5, 5.41) is 3.04. The first-order valence-electron chi connectivity index (χ1n) is 13.5. The molecule has 4 heterocycles. The molecular formula is C28H33FN4O4S. The minimum Gasteiger partial charge on any atom is -0.356 e. The van der Waals surface area contributed by atoms with Crippen molar-refractivity contribution in [1.29, 1.82) is 0 Å². The normalized spacial score (nSPS) is 28.6. The number of fused-ring (bicyclic) bond motifs is 4. The van der Waals surface area contributed by atoms with Crippen molar-refractivity contribution < 1.29 is 22.4 Å². The van der Waals surface area contributed by atoms with Crippen LogP contribution in [0.3, 0.4) is 0 Å². The third kappa shape index (κ3) is 4.04. The van der Waals surface area contributed by atoms with Gasteiger partial charge in [0.25, 0.3) is 5.91 Å². The monoisotopic (exact) mass is 540 g/mol. The van der Waals surface area contributed by atoms with Gasteiger partial charge in [-0.05, 0) is 62.4 Å². The van der Waals surface area contributed by atoms with Crippen LogP contribution < -0.4 is 10.2 Å². The number of para-hydroxylation sites is 1. The van der Waals surface area contributed by atoms with Crippen LogP contribution in [0.15, 0.2) is 48.5 Å². The van der Waals surface area contributed by atoms with E-state index < -0.39 is 27.3 Å². The Morgan fingerprint density at radius 3 is 2.53 bits per heavy atom. The summed E-state index contributed by atoms with van der Waals surface area (Å²) in [6, 6.07) is 13.5. The van der Waals surface area contributed by atoms with Gasteiger partial charge in [-0.2, -0.15) is 0 Å². The maximum Gasteiger partial charge on any atom is 0.253 e. The van der Waals surface area contributed by atoms with Crippen LogP contribution in [-0.2, 0) is 30.9 Å². The quantitative estimate of drug-likeness (QED) is 0.647. The van der Waals surface area contributed by atoms with Crippen LogP contribution in [0.1, 0.15) is 43.2 Å². The highest BCUT2D eigenvalue weighted by molar-refractivity contribution is 7.88. The Kier molecular flexibility index (Phi) is 6.52. The molecule has 3 saturated heterocycles. The molecule has 1 N–H and O–H groups in total. The summed E-state index contributed by atoms with van der Waals surface area (Å²) in [5.74, 6) is -1.33. The lowest BCUT2D eigenvalue weighted by molar-refractivity contribution is -0.138. The molecule has 0 aromatic heterocycles. The number of amides is 2. The van der Waals surface area contributed by atoms with Gasteiger partial charge in [-0.15, -0.1) is 0 Å². The second-order valence-electron chi connectivity index (χ2n) is 10.8. The lowest BCUT2D eigenvalue weighted by atomic mass is 9.78. The van der Waals surface area contributed by atoms with Crippen molar-refractivity contribution in [2.75, 3.05) is 37.6 Å². The number of halogens is 1. The molecule has 10 heteroatoms. The summed E-state index contributed by atoms with van der Waals surface area (Å²) in [7, 11) is -3.69. The molecule has 2 amide bonds. The number of hydrogen-bond donors (Lipinski definition) is 1. The fraction of sp³-hybridized carbons (Fsp3) is 0.500. The van der Waals surface area contributed by atoms with Gasteiger partial charge in [-0.3, -0.25) is 14.5 Å². The average molecular weight is 541 g/mol. The van der Waals surface area contributed by atoms with Crippen LogP contribution in [0.5, 0.6) is 0 Å². The fourth-order valence-corrected chi connectivity index (χ4v) is 8.66. The van der Waals surface area contributed by atoms with Gasteiger partial charge in [-0.25, -0.2) is 17.1 Å². The molecule has 2 aromatic rings. The van der Waals surface area contributed by atoms with E-state index >= 15 is 0 Å². The van der Waals surface area contributed by atoms with Crippen LogP contribution in [0.4, 0.5) is 10.1 Å². The molecule has 38 heavy (non-hydrogen) atoms. The van der Waals surface area contributed by atoms with Gasteiger partial charge in [0.1, 0.15) is 11.4 Å². The van der Waals surface area contributed by atoms with Crippen molar-refractivity contribution in [3.8, 4) is 0 Å². The molecule has 0 saturated carbocycles. The van der Waals surface area contributed by atoms with Crippen molar-refractivity contribution in [3.63, 3.8) is 0 Å². The van der Waals surface area contributed by atoms with Crippen LogP contribution >= 0.6 is 0 Å². The summed E-state index contributed by atoms with van der Waals surface area (Å²) in [5.41, 5.74) is 1.23. The smallest absolute Gasteiger partial charge is 0.253 e. The number of rotatable bonds is 3. The van der Waals surface area contributed by atoms with Gasteiger partial charge in [-0.1, -0.05) is 30.3 Å². The maximum absolute atomic E-state index is 14.3. The Labute approximate surface area is 222 Å². The second-order valence-corrected chi connectivity index (χ2v) is 12.8. The van der Waals surface area contributed by atoms with E-state index in [1.54, 1.807) is 4.90 Å². The summed E-state index contributed by atoms with van der Waals surface area (Å²) in [6.45, 7) is 2.01. The molecular weight excluding hydrogens is 507 g/mol. The number of anilines is 1. The zero-order chi connectivity index (χ0) is 26.5. The van der Waals surface area contributed by atoms with Gasteiger partial charge < -0.3 is 10.2 Å². The minimum absolute atomic E-state index is 0.0665. The number of sulfonamides is 1. The standard InChI is InChI=1S/C28H33FN4O4S/c29-21-11-9-20(10-12-21)19-38(36,37)31-14-4-13-30-26(34)24-18-22-6-3-17-33(22)28(24)23-7-1-2-8-25(23)32(27(28)35)16-5-15-31/h1-2,7-12,22,24H,3-6,13-19H2,(H,30,34)/t22-,24-,28+/m0/s1. The van der Waals surface area contributed by atoms with Crippen LogP contribution in [0, 0.1) is 11.7 Å². The SMILES string of the molecule is O=C1NCCCN(S(=O)(=O)Cc2ccc(F)cc2)CCCN2C(=O)[C@@]3(c4ccccc42)[C@H]1C[C@@H]1CCCN13. The van der Waals surface area contributed by atoms with Gasteiger partial charge in [0, 0.05) is 43.5 Å². The summed E-state index contributed by atoms with van der Waals surface area (Å²) >= 11 is 0. The van der Waals surface area contributed by atoms with Crippen LogP contribution in [0.25, 0.3) is 0 Å². The third-order valence-electron chi connectivity index (χ3n) is 8.66. The van der Waals surface area contributed by atoms with Crippen molar-refractivity contribution in [3.05, 3.63) is 65.5 Å². The van der Waals surface area contributed by atoms with Gasteiger partial charge in [0.2, 0.25) is 15.9 Å². The first kappa shape index (κ1) is 25.5. The number of carbonyl (C=O) groups is 2. The summed E-state index contributed by atoms with van der Waals surface area (Å²) in [6.07, 6.45) is 3.58. The van der Waals surface area contributed by atoms with E-state index in [0.29, 0.717) is 37.9 Å². The van der Waals surface area contributed by atoms with E-state index in [4.69, 9.17) is 0 Å². The van der Waals surface area contributed by atoms with E-state index in [1.807, 2.05) is 24.3 Å². The van der Waals surface area contributed by atoms with E-state index in [0.717, 1.165) is 30.6 Å². The molecule has 0 aliphatic carbocycles. The first-order valence-corrected chi connectivity index (χ1v) is 15.1. The fourth-order valence-electron chi connectivity index (χ4n) is 7.05. The Morgan fingerprint density at radius 2 is 1.71 bits per heavy atom. The third-order valence-corrected chi connectivity index (χ3v) is 10.5. The largest absolute Gasteiger partial charge is 0.356 e. The molecule has 1 spiro atoms. The number of benzene rings is 2. The summed E-state index contributed by atoms with van der Waals surface area (Å²) < 4.78 is 41.5. The highest BCUT2D eigenvalue weighted by Crippen LogP contribution is 2.57. The van der Waals surface area contributed by atoms with E-state index in [2.05, 4.69) is 10.2 Å². The molecule has 202 valence electrons. The first-order chi connectivity index (χ1) is 18.3. The maximum atomic E-state index is 14.3. The Bertz CT molecular complexity index is 1350. The Balaban J connectivity index is 1.31. The van der Waals surface area contributed by atoms with Crippen molar-refractivity contribution in [2.24, 2.45) is 5.92 Å². The topological polar surface area (TPSA) is 90.0 Å². The van der Waals surface area contributed by atoms with Gasteiger partial charge >= 0.3 is 0 Å². The van der Waals surface area contributed by atoms with E-state index in [9.17, 15) is 22.4 Å². The number of nitrogens with zero attached hydrogens (tertiary/aromatic N) is 3. The lowest BCUT2D eigenvalue weighted by Gasteiger charge is -2.37. The molecule has 0 unspecified atom stereocenters. The zero-order valence-corrected chi connectivity index (χ0v) is 22.1. The van der Waals surface area contributed by atoms with Crippen molar-refractivity contribution >= 4 is 27.5 Å². The highest BCUT2D eigenvalue weighted by Gasteiger charge is 2.67. The van der Waals surface area contributed by atoms with Crippen LogP contribution in [0.2, 0.25) is 0 Å². The molecule has 3 fully saturated rings. The number of hydrogen-bond acceptors (Lipinski definition) is 5. The molecule has 4 aliphatic heterocycles. The molecule has 8 nitrogen and oxygen atoms in total. The molecule has 2 bridgehead atoms. The second kappa shape index (κ2) is 9.73. The van der Waals surface area contributed by atoms with Crippen molar-refractivity contribution in [2.45, 2.75) is 49.4 Å². The summed E-state index contributed by atoms with van der Waals surface area (Å²) in [4.78, 5) is 32.0. The predicted molar refractivity (Wildman–Crippen MR) is 141 cm³/mol. The van der Waals surface area contributed by atoms with Crippen LogP contribution in [-0.4, -0.2) is 68.2 Å². The van der Waals surface area contributed by atoms with Gasteiger partial charge in [0.05, 0.1) is 11.7 Å². The lowest BCUT2D eigenvalue weighted by Crippen LogP contribution is -2.56. The zero-order valence-electron chi connectivity index (χ0n) is 21.3. The average Bonchev–Trinajstić information content (AvgIpc) is 3.55.